The van der Waals surface area contributed by atoms with Crippen LogP contribution in [0.1, 0.15) is 25.1 Å². The van der Waals surface area contributed by atoms with Crippen molar-refractivity contribution < 1.29 is 9.53 Å². The smallest absolute Gasteiger partial charge is 0.240 e. The number of hydrogen-bond donors (Lipinski definition) is 1. The third kappa shape index (κ3) is 3.46. The highest BCUT2D eigenvalue weighted by Gasteiger charge is 2.35. The number of carbonyl (C=O) groups is 1. The molecule has 4 rings (SSSR count). The predicted octanol–water partition coefficient (Wildman–Crippen LogP) is 2.37. The van der Waals surface area contributed by atoms with E-state index >= 15 is 0 Å². The Balaban J connectivity index is 1.35. The summed E-state index contributed by atoms with van der Waals surface area (Å²) in [6.45, 7) is 5.92. The average molecular weight is 377 g/mol. The van der Waals surface area contributed by atoms with Gasteiger partial charge in [0, 0.05) is 43.9 Å². The molecule has 0 saturated carbocycles. The van der Waals surface area contributed by atoms with Crippen LogP contribution in [-0.2, 0) is 16.1 Å². The van der Waals surface area contributed by atoms with Gasteiger partial charge in [0.25, 0.3) is 0 Å². The minimum atomic E-state index is -0.0672. The van der Waals surface area contributed by atoms with Crippen molar-refractivity contribution >= 4 is 28.5 Å². The van der Waals surface area contributed by atoms with E-state index in [-0.39, 0.29) is 11.9 Å². The maximum absolute atomic E-state index is 12.7. The minimum absolute atomic E-state index is 0.0672. The van der Waals surface area contributed by atoms with Gasteiger partial charge < -0.3 is 19.5 Å². The molecule has 140 valence electrons. The zero-order valence-corrected chi connectivity index (χ0v) is 15.8. The molecule has 3 heterocycles. The number of ether oxygens (including phenoxy) is 1. The number of aromatic nitrogens is 2. The number of carbonyl (C=O) groups excluding carboxylic acids is 1. The molecule has 26 heavy (non-hydrogen) atoms. The molecule has 1 aromatic carbocycles. The van der Waals surface area contributed by atoms with Crippen LogP contribution in [0.5, 0.6) is 0 Å². The van der Waals surface area contributed by atoms with Crippen LogP contribution in [0, 0.1) is 6.92 Å². The van der Waals surface area contributed by atoms with Gasteiger partial charge in [0.05, 0.1) is 17.1 Å². The lowest BCUT2D eigenvalue weighted by Crippen LogP contribution is -2.45. The average Bonchev–Trinajstić information content (AvgIpc) is 3.15. The molecule has 7 heteroatoms. The van der Waals surface area contributed by atoms with Gasteiger partial charge in [-0.3, -0.25) is 4.79 Å². The number of amides is 1. The fourth-order valence-electron chi connectivity index (χ4n) is 4.11. The van der Waals surface area contributed by atoms with Crippen molar-refractivity contribution in [1.82, 2.24) is 19.8 Å². The van der Waals surface area contributed by atoms with Gasteiger partial charge in [0.2, 0.25) is 5.91 Å². The van der Waals surface area contributed by atoms with E-state index in [0.717, 1.165) is 69.0 Å². The number of halogens is 1. The number of fused-ring (bicyclic) bond motifs is 1. The number of benzene rings is 1. The highest BCUT2D eigenvalue weighted by atomic mass is 35.5. The molecule has 0 spiro atoms. The number of nitrogens with one attached hydrogen (secondary N) is 1. The molecular formula is C19H25ClN4O2. The lowest BCUT2D eigenvalue weighted by molar-refractivity contribution is -0.132. The van der Waals surface area contributed by atoms with Crippen molar-refractivity contribution in [3.8, 4) is 0 Å². The lowest BCUT2D eigenvalue weighted by atomic mass is 10.1. The van der Waals surface area contributed by atoms with Crippen molar-refractivity contribution in [2.45, 2.75) is 44.8 Å². The summed E-state index contributed by atoms with van der Waals surface area (Å²) in [5.41, 5.74) is 1.99. The molecule has 2 aliphatic heterocycles. The van der Waals surface area contributed by atoms with E-state index in [1.807, 2.05) is 25.1 Å². The van der Waals surface area contributed by atoms with Crippen molar-refractivity contribution in [2.75, 3.05) is 26.3 Å². The first-order valence-corrected chi connectivity index (χ1v) is 9.75. The van der Waals surface area contributed by atoms with E-state index in [1.165, 1.54) is 0 Å². The normalized spacial score (nSPS) is 21.8. The first-order chi connectivity index (χ1) is 12.6. The summed E-state index contributed by atoms with van der Waals surface area (Å²) in [5, 5.41) is 4.14. The second-order valence-corrected chi connectivity index (χ2v) is 7.55. The van der Waals surface area contributed by atoms with Gasteiger partial charge in [-0.25, -0.2) is 4.98 Å². The number of imidazole rings is 1. The van der Waals surface area contributed by atoms with Gasteiger partial charge in [-0.1, -0.05) is 11.6 Å². The molecule has 1 aromatic heterocycles. The number of hydrogen-bond acceptors (Lipinski definition) is 4. The number of rotatable bonds is 5. The first kappa shape index (κ1) is 17.8. The Morgan fingerprint density at radius 3 is 2.92 bits per heavy atom. The van der Waals surface area contributed by atoms with Crippen LogP contribution >= 0.6 is 11.6 Å². The molecule has 0 radical (unpaired) electrons. The molecule has 1 atom stereocenters. The van der Waals surface area contributed by atoms with E-state index in [9.17, 15) is 4.79 Å². The summed E-state index contributed by atoms with van der Waals surface area (Å²) in [7, 11) is 0. The Bertz CT molecular complexity index is 800. The van der Waals surface area contributed by atoms with Crippen LogP contribution in [0.15, 0.2) is 18.2 Å². The fraction of sp³-hybridized carbons (Fsp3) is 0.579. The summed E-state index contributed by atoms with van der Waals surface area (Å²) in [5.74, 6) is 1.21. The highest BCUT2D eigenvalue weighted by molar-refractivity contribution is 6.31. The molecule has 1 unspecified atom stereocenters. The fourth-order valence-corrected chi connectivity index (χ4v) is 4.27. The Morgan fingerprint density at radius 2 is 2.12 bits per heavy atom. The number of likely N-dealkylation sites (tertiary alicyclic amines) is 1. The Labute approximate surface area is 158 Å². The zero-order chi connectivity index (χ0) is 18.1. The van der Waals surface area contributed by atoms with E-state index < -0.39 is 0 Å². The molecular weight excluding hydrogens is 352 g/mol. The minimum Gasteiger partial charge on any atom is -0.381 e. The second-order valence-electron chi connectivity index (χ2n) is 7.11. The predicted molar refractivity (Wildman–Crippen MR) is 101 cm³/mol. The third-order valence-corrected chi connectivity index (χ3v) is 5.73. The molecule has 1 N–H and O–H groups in total. The van der Waals surface area contributed by atoms with Crippen LogP contribution in [0.25, 0.3) is 11.0 Å². The van der Waals surface area contributed by atoms with Gasteiger partial charge in [-0.2, -0.15) is 0 Å². The standard InChI is InChI=1S/C19H25ClN4O2/c1-13-22-17-12-14(20)2-3-18(17)23(13)9-7-21-16-4-8-24(19(16)25)15-5-10-26-11-6-15/h2-3,12,15-16,21H,4-11H2,1H3. The molecule has 2 saturated heterocycles. The second kappa shape index (κ2) is 7.55. The molecule has 0 bridgehead atoms. The highest BCUT2D eigenvalue weighted by Crippen LogP contribution is 2.22. The third-order valence-electron chi connectivity index (χ3n) is 5.50. The maximum Gasteiger partial charge on any atom is 0.240 e. The van der Waals surface area contributed by atoms with E-state index in [2.05, 4.69) is 19.8 Å². The Hall–Kier alpha value is -1.63. The Morgan fingerprint density at radius 1 is 1.31 bits per heavy atom. The molecule has 1 amide bonds. The first-order valence-electron chi connectivity index (χ1n) is 9.37. The maximum atomic E-state index is 12.7. The number of nitrogens with zero attached hydrogens (tertiary/aromatic N) is 3. The van der Waals surface area contributed by atoms with E-state index in [0.29, 0.717) is 11.1 Å². The van der Waals surface area contributed by atoms with Crippen molar-refractivity contribution in [2.24, 2.45) is 0 Å². The van der Waals surface area contributed by atoms with Crippen LogP contribution in [0.2, 0.25) is 5.02 Å². The zero-order valence-electron chi connectivity index (χ0n) is 15.1. The summed E-state index contributed by atoms with van der Waals surface area (Å²) in [4.78, 5) is 19.3. The van der Waals surface area contributed by atoms with E-state index in [4.69, 9.17) is 16.3 Å². The van der Waals surface area contributed by atoms with E-state index in [1.54, 1.807) is 0 Å². The molecule has 0 aliphatic carbocycles. The quantitative estimate of drug-likeness (QED) is 0.870. The van der Waals surface area contributed by atoms with Crippen LogP contribution < -0.4 is 5.32 Å². The summed E-state index contributed by atoms with van der Waals surface area (Å²) in [6.07, 6.45) is 2.80. The topological polar surface area (TPSA) is 59.4 Å². The van der Waals surface area contributed by atoms with Gasteiger partial charge >= 0.3 is 0 Å². The van der Waals surface area contributed by atoms with Gasteiger partial charge in [0.1, 0.15) is 5.82 Å². The van der Waals surface area contributed by atoms with Gasteiger partial charge in [0.15, 0.2) is 0 Å². The van der Waals surface area contributed by atoms with Crippen molar-refractivity contribution in [1.29, 1.82) is 0 Å². The monoisotopic (exact) mass is 376 g/mol. The van der Waals surface area contributed by atoms with Crippen molar-refractivity contribution in [3.05, 3.63) is 29.0 Å². The van der Waals surface area contributed by atoms with Crippen LogP contribution in [-0.4, -0.2) is 58.7 Å². The molecule has 6 nitrogen and oxygen atoms in total. The van der Waals surface area contributed by atoms with Gasteiger partial charge in [-0.15, -0.1) is 0 Å². The number of aryl methyl sites for hydroxylation is 1. The van der Waals surface area contributed by atoms with Crippen LogP contribution in [0.3, 0.4) is 0 Å². The summed E-state index contributed by atoms with van der Waals surface area (Å²) >= 11 is 6.05. The largest absolute Gasteiger partial charge is 0.381 e. The lowest BCUT2D eigenvalue weighted by Gasteiger charge is -2.31. The molecule has 2 aliphatic rings. The molecule has 2 fully saturated rings. The SMILES string of the molecule is Cc1nc2cc(Cl)ccc2n1CCNC1CCN(C2CCOCC2)C1=O. The summed E-state index contributed by atoms with van der Waals surface area (Å²) < 4.78 is 7.59. The van der Waals surface area contributed by atoms with Gasteiger partial charge in [-0.05, 0) is 44.4 Å². The molecule has 2 aromatic rings. The van der Waals surface area contributed by atoms with Crippen molar-refractivity contribution in [3.63, 3.8) is 0 Å². The van der Waals surface area contributed by atoms with Crippen LogP contribution in [0.4, 0.5) is 0 Å². The Kier molecular flexibility index (Phi) is 5.16. The summed E-state index contributed by atoms with van der Waals surface area (Å²) in [6, 6.07) is 6.07.